The number of carboxylic acids is 1. The molecule has 1 N–H and O–H groups in total. The van der Waals surface area contributed by atoms with Crippen molar-refractivity contribution < 1.29 is 19.4 Å². The fraction of sp³-hybridized carbons (Fsp3) is 0.857. The van der Waals surface area contributed by atoms with E-state index in [1.165, 1.54) is 0 Å². The average molecular weight is 284 g/mol. The van der Waals surface area contributed by atoms with Crippen LogP contribution in [0.1, 0.15) is 38.5 Å². The van der Waals surface area contributed by atoms with Gasteiger partial charge in [-0.05, 0) is 32.1 Å². The molecule has 2 saturated heterocycles. The Morgan fingerprint density at radius 1 is 1.10 bits per heavy atom. The fourth-order valence-corrected chi connectivity index (χ4v) is 2.96. The van der Waals surface area contributed by atoms with Crippen molar-refractivity contribution in [2.24, 2.45) is 0 Å². The molecule has 0 bridgehead atoms. The lowest BCUT2D eigenvalue weighted by Crippen LogP contribution is -2.51. The van der Waals surface area contributed by atoms with Gasteiger partial charge < -0.3 is 19.6 Å². The van der Waals surface area contributed by atoms with E-state index in [0.29, 0.717) is 26.2 Å². The molecule has 2 rings (SSSR count). The summed E-state index contributed by atoms with van der Waals surface area (Å²) in [6.45, 7) is 3.44. The van der Waals surface area contributed by atoms with E-state index >= 15 is 0 Å². The lowest BCUT2D eigenvalue weighted by atomic mass is 9.98. The molecule has 20 heavy (non-hydrogen) atoms. The number of piperidine rings is 1. The predicted octanol–water partition coefficient (Wildman–Crippen LogP) is 1.55. The predicted molar refractivity (Wildman–Crippen MR) is 73.6 cm³/mol. The molecule has 1 unspecified atom stereocenters. The van der Waals surface area contributed by atoms with Crippen molar-refractivity contribution >= 4 is 12.0 Å². The number of carbonyl (C=O) groups excluding carboxylic acids is 1. The molecule has 0 aromatic heterocycles. The van der Waals surface area contributed by atoms with Gasteiger partial charge in [0.1, 0.15) is 0 Å². The van der Waals surface area contributed by atoms with Crippen LogP contribution in [-0.2, 0) is 9.53 Å². The molecule has 0 radical (unpaired) electrons. The van der Waals surface area contributed by atoms with Crippen LogP contribution >= 0.6 is 0 Å². The molecule has 114 valence electrons. The Bertz CT molecular complexity index is 340. The summed E-state index contributed by atoms with van der Waals surface area (Å²) in [5.41, 5.74) is 0. The number of rotatable bonds is 3. The van der Waals surface area contributed by atoms with Crippen molar-refractivity contribution in [2.75, 3.05) is 32.8 Å². The van der Waals surface area contributed by atoms with E-state index in [1.807, 2.05) is 9.80 Å². The molecular formula is C14H24N2O4. The monoisotopic (exact) mass is 284 g/mol. The first-order chi connectivity index (χ1) is 9.68. The number of aliphatic carboxylic acids is 1. The quantitative estimate of drug-likeness (QED) is 0.853. The number of ether oxygens (including phenoxy) is 1. The summed E-state index contributed by atoms with van der Waals surface area (Å²) in [6.07, 6.45) is 4.59. The zero-order valence-corrected chi connectivity index (χ0v) is 11.9. The summed E-state index contributed by atoms with van der Waals surface area (Å²) in [4.78, 5) is 27.1. The molecule has 0 aliphatic carbocycles. The minimum atomic E-state index is -0.786. The van der Waals surface area contributed by atoms with Crippen molar-refractivity contribution in [1.82, 2.24) is 9.80 Å². The molecule has 6 nitrogen and oxygen atoms in total. The van der Waals surface area contributed by atoms with E-state index < -0.39 is 5.97 Å². The summed E-state index contributed by atoms with van der Waals surface area (Å²) < 4.78 is 5.38. The molecule has 2 heterocycles. The first-order valence-electron chi connectivity index (χ1n) is 7.53. The zero-order valence-electron chi connectivity index (χ0n) is 11.9. The molecule has 2 aliphatic heterocycles. The number of amides is 2. The van der Waals surface area contributed by atoms with Crippen LogP contribution in [0.2, 0.25) is 0 Å². The van der Waals surface area contributed by atoms with E-state index in [1.54, 1.807) is 0 Å². The molecule has 0 aromatic carbocycles. The number of carboxylic acid groups (broad SMARTS) is 1. The summed E-state index contributed by atoms with van der Waals surface area (Å²) in [6, 6.07) is 0.141. The second kappa shape index (κ2) is 7.47. The fourth-order valence-electron chi connectivity index (χ4n) is 2.96. The Labute approximate surface area is 119 Å². The van der Waals surface area contributed by atoms with Crippen molar-refractivity contribution in [3.05, 3.63) is 0 Å². The number of nitrogens with zero attached hydrogens (tertiary/aromatic N) is 2. The number of hydrogen-bond donors (Lipinski definition) is 1. The average Bonchev–Trinajstić information content (AvgIpc) is 2.73. The first kappa shape index (κ1) is 15.1. The molecule has 1 atom stereocenters. The first-order valence-corrected chi connectivity index (χ1v) is 7.53. The van der Waals surface area contributed by atoms with Crippen LogP contribution < -0.4 is 0 Å². The lowest BCUT2D eigenvalue weighted by Gasteiger charge is -2.38. The Kier molecular flexibility index (Phi) is 5.64. The molecule has 0 spiro atoms. The van der Waals surface area contributed by atoms with Gasteiger partial charge in [0.2, 0.25) is 0 Å². The van der Waals surface area contributed by atoms with Gasteiger partial charge >= 0.3 is 12.0 Å². The standard InChI is InChI=1S/C14H24N2O4/c17-13(18)6-5-12-4-1-2-8-16(12)14(19)15-7-3-10-20-11-9-15/h12H,1-11H2,(H,17,18). The number of likely N-dealkylation sites (tertiary alicyclic amines) is 1. The van der Waals surface area contributed by atoms with Gasteiger partial charge in [0.25, 0.3) is 0 Å². The second-order valence-electron chi connectivity index (χ2n) is 5.51. The maximum Gasteiger partial charge on any atom is 0.320 e. The molecule has 2 amide bonds. The maximum atomic E-state index is 12.6. The van der Waals surface area contributed by atoms with Crippen LogP contribution in [0.15, 0.2) is 0 Å². The van der Waals surface area contributed by atoms with E-state index in [9.17, 15) is 9.59 Å². The highest BCUT2D eigenvalue weighted by Gasteiger charge is 2.30. The Morgan fingerprint density at radius 3 is 2.75 bits per heavy atom. The van der Waals surface area contributed by atoms with Gasteiger partial charge in [-0.1, -0.05) is 0 Å². The molecular weight excluding hydrogens is 260 g/mol. The number of carbonyl (C=O) groups is 2. The Morgan fingerprint density at radius 2 is 1.95 bits per heavy atom. The number of hydrogen-bond acceptors (Lipinski definition) is 3. The van der Waals surface area contributed by atoms with Crippen LogP contribution in [0, 0.1) is 0 Å². The zero-order chi connectivity index (χ0) is 14.4. The minimum Gasteiger partial charge on any atom is -0.481 e. The lowest BCUT2D eigenvalue weighted by molar-refractivity contribution is -0.137. The highest BCUT2D eigenvalue weighted by atomic mass is 16.5. The summed E-state index contributed by atoms with van der Waals surface area (Å²) in [5, 5.41) is 8.82. The van der Waals surface area contributed by atoms with Crippen LogP contribution in [0.4, 0.5) is 4.79 Å². The van der Waals surface area contributed by atoms with Crippen molar-refractivity contribution in [3.63, 3.8) is 0 Å². The van der Waals surface area contributed by atoms with Gasteiger partial charge in [0, 0.05) is 38.7 Å². The third kappa shape index (κ3) is 4.10. The molecule has 2 fully saturated rings. The van der Waals surface area contributed by atoms with E-state index in [4.69, 9.17) is 9.84 Å². The van der Waals surface area contributed by atoms with E-state index in [2.05, 4.69) is 0 Å². The van der Waals surface area contributed by atoms with Crippen LogP contribution in [0.5, 0.6) is 0 Å². The topological polar surface area (TPSA) is 70.1 Å². The normalized spacial score (nSPS) is 24.3. The van der Waals surface area contributed by atoms with Crippen molar-refractivity contribution in [1.29, 1.82) is 0 Å². The van der Waals surface area contributed by atoms with E-state index in [-0.39, 0.29) is 18.5 Å². The van der Waals surface area contributed by atoms with Gasteiger partial charge in [-0.25, -0.2) is 4.79 Å². The largest absolute Gasteiger partial charge is 0.481 e. The van der Waals surface area contributed by atoms with E-state index in [0.717, 1.165) is 38.8 Å². The summed E-state index contributed by atoms with van der Waals surface area (Å²) in [7, 11) is 0. The van der Waals surface area contributed by atoms with Gasteiger partial charge in [0.05, 0.1) is 6.61 Å². The third-order valence-electron chi connectivity index (χ3n) is 4.06. The highest BCUT2D eigenvalue weighted by molar-refractivity contribution is 5.75. The molecule has 0 aromatic rings. The van der Waals surface area contributed by atoms with Gasteiger partial charge in [-0.15, -0.1) is 0 Å². The highest BCUT2D eigenvalue weighted by Crippen LogP contribution is 2.22. The Balaban J connectivity index is 1.94. The minimum absolute atomic E-state index is 0.0607. The molecule has 2 aliphatic rings. The van der Waals surface area contributed by atoms with Crippen LogP contribution in [-0.4, -0.2) is 65.8 Å². The summed E-state index contributed by atoms with van der Waals surface area (Å²) in [5.74, 6) is -0.786. The molecule has 0 saturated carbocycles. The van der Waals surface area contributed by atoms with Gasteiger partial charge in [0.15, 0.2) is 0 Å². The smallest absolute Gasteiger partial charge is 0.320 e. The molecule has 6 heteroatoms. The van der Waals surface area contributed by atoms with Gasteiger partial charge in [-0.3, -0.25) is 4.79 Å². The van der Waals surface area contributed by atoms with Crippen molar-refractivity contribution in [2.45, 2.75) is 44.6 Å². The second-order valence-corrected chi connectivity index (χ2v) is 5.51. The summed E-state index contributed by atoms with van der Waals surface area (Å²) >= 11 is 0. The van der Waals surface area contributed by atoms with Gasteiger partial charge in [-0.2, -0.15) is 0 Å². The van der Waals surface area contributed by atoms with Crippen molar-refractivity contribution in [3.8, 4) is 0 Å². The van der Waals surface area contributed by atoms with Crippen LogP contribution in [0.3, 0.4) is 0 Å². The third-order valence-corrected chi connectivity index (χ3v) is 4.06. The number of urea groups is 1. The maximum absolute atomic E-state index is 12.6. The SMILES string of the molecule is O=C(O)CCC1CCCCN1C(=O)N1CCCOCC1. The van der Waals surface area contributed by atoms with Crippen LogP contribution in [0.25, 0.3) is 0 Å². The Hall–Kier alpha value is -1.30.